The summed E-state index contributed by atoms with van der Waals surface area (Å²) in [6.45, 7) is 5.56. The third-order valence-corrected chi connectivity index (χ3v) is 8.24. The van der Waals surface area contributed by atoms with Crippen LogP contribution in [0, 0.1) is 13.8 Å². The van der Waals surface area contributed by atoms with Crippen LogP contribution < -0.4 is 14.9 Å². The van der Waals surface area contributed by atoms with Crippen LogP contribution in [0.1, 0.15) is 28.0 Å². The summed E-state index contributed by atoms with van der Waals surface area (Å²) >= 11 is 1.80. The number of carbonyl (C=O) groups excluding carboxylic acids is 1. The largest absolute Gasteiger partial charge is 0.365 e. The molecule has 4 rings (SSSR count). The van der Waals surface area contributed by atoms with Gasteiger partial charge >= 0.3 is 0 Å². The minimum atomic E-state index is -3.65. The number of nitrogens with one attached hydrogen (secondary N) is 2. The second-order valence-electron chi connectivity index (χ2n) is 8.00. The lowest BCUT2D eigenvalue weighted by Gasteiger charge is -2.30. The van der Waals surface area contributed by atoms with Crippen LogP contribution in [0.2, 0.25) is 0 Å². The number of sulfonamides is 1. The van der Waals surface area contributed by atoms with Gasteiger partial charge in [-0.15, -0.1) is 11.3 Å². The first-order chi connectivity index (χ1) is 15.3. The molecule has 0 spiro atoms. The Kier molecular flexibility index (Phi) is 6.64. The van der Waals surface area contributed by atoms with Gasteiger partial charge in [0.25, 0.3) is 0 Å². The smallest absolute Gasteiger partial charge is 0.240 e. The first-order valence-corrected chi connectivity index (χ1v) is 13.0. The van der Waals surface area contributed by atoms with Gasteiger partial charge in [0.05, 0.1) is 16.3 Å². The Morgan fingerprint density at radius 3 is 2.72 bits per heavy atom. The predicted molar refractivity (Wildman–Crippen MR) is 130 cm³/mol. The highest BCUT2D eigenvalue weighted by atomic mass is 32.2. The van der Waals surface area contributed by atoms with E-state index in [4.69, 9.17) is 0 Å². The van der Waals surface area contributed by atoms with Gasteiger partial charge in [-0.2, -0.15) is 0 Å². The molecule has 1 aliphatic rings. The third-order valence-electron chi connectivity index (χ3n) is 5.76. The Bertz CT molecular complexity index is 1230. The van der Waals surface area contributed by atoms with Crippen LogP contribution in [-0.2, 0) is 27.8 Å². The molecule has 0 unspecified atom stereocenters. The zero-order chi connectivity index (χ0) is 22.7. The van der Waals surface area contributed by atoms with Crippen LogP contribution >= 0.6 is 11.3 Å². The van der Waals surface area contributed by atoms with Crippen molar-refractivity contribution < 1.29 is 13.2 Å². The summed E-state index contributed by atoms with van der Waals surface area (Å²) < 4.78 is 27.6. The highest BCUT2D eigenvalue weighted by molar-refractivity contribution is 7.89. The number of anilines is 2. The van der Waals surface area contributed by atoms with Crippen molar-refractivity contribution in [1.29, 1.82) is 0 Å². The molecule has 2 aromatic carbocycles. The van der Waals surface area contributed by atoms with Crippen LogP contribution in [0.15, 0.2) is 58.8 Å². The van der Waals surface area contributed by atoms with Gasteiger partial charge in [0.2, 0.25) is 15.9 Å². The van der Waals surface area contributed by atoms with Crippen molar-refractivity contribution in [2.45, 2.75) is 38.1 Å². The number of nitrogens with zero attached hydrogens (tertiary/aromatic N) is 1. The Morgan fingerprint density at radius 2 is 1.91 bits per heavy atom. The van der Waals surface area contributed by atoms with E-state index in [1.807, 2.05) is 38.1 Å². The molecular formula is C24H27N3O3S2. The topological polar surface area (TPSA) is 78.5 Å². The van der Waals surface area contributed by atoms with Gasteiger partial charge in [-0.25, -0.2) is 13.1 Å². The maximum absolute atomic E-state index is 12.6. The molecule has 0 bridgehead atoms. The first kappa shape index (κ1) is 22.5. The maximum atomic E-state index is 12.6. The lowest BCUT2D eigenvalue weighted by molar-refractivity contribution is -0.116. The molecule has 2 N–H and O–H groups in total. The lowest BCUT2D eigenvalue weighted by Crippen LogP contribution is -2.31. The van der Waals surface area contributed by atoms with Gasteiger partial charge in [0.1, 0.15) is 0 Å². The molecule has 8 heteroatoms. The molecule has 1 aromatic heterocycles. The second-order valence-corrected chi connectivity index (χ2v) is 10.8. The molecule has 3 aromatic rings. The van der Waals surface area contributed by atoms with E-state index in [-0.39, 0.29) is 23.8 Å². The molecule has 0 aliphatic carbocycles. The molecule has 0 saturated heterocycles. The van der Waals surface area contributed by atoms with E-state index in [0.717, 1.165) is 42.0 Å². The molecule has 0 fully saturated rings. The van der Waals surface area contributed by atoms with Crippen molar-refractivity contribution >= 4 is 38.6 Å². The second kappa shape index (κ2) is 9.44. The summed E-state index contributed by atoms with van der Waals surface area (Å²) in [6, 6.07) is 14.9. The van der Waals surface area contributed by atoms with Crippen molar-refractivity contribution in [1.82, 2.24) is 4.72 Å². The highest BCUT2D eigenvalue weighted by Crippen LogP contribution is 2.32. The number of rotatable bonds is 7. The van der Waals surface area contributed by atoms with Gasteiger partial charge in [-0.3, -0.25) is 4.79 Å². The van der Waals surface area contributed by atoms with E-state index in [1.54, 1.807) is 29.5 Å². The normalized spacial score (nSPS) is 13.6. The zero-order valence-electron chi connectivity index (χ0n) is 18.2. The fraction of sp³-hybridized carbons (Fsp3) is 0.292. The molecule has 1 amide bonds. The van der Waals surface area contributed by atoms with E-state index < -0.39 is 10.0 Å². The van der Waals surface area contributed by atoms with Gasteiger partial charge in [-0.05, 0) is 72.7 Å². The van der Waals surface area contributed by atoms with E-state index >= 15 is 0 Å². The number of carbonyl (C=O) groups is 1. The average molecular weight is 470 g/mol. The van der Waals surface area contributed by atoms with Crippen LogP contribution in [-0.4, -0.2) is 27.4 Å². The van der Waals surface area contributed by atoms with Gasteiger partial charge in [-0.1, -0.05) is 18.2 Å². The summed E-state index contributed by atoms with van der Waals surface area (Å²) in [5, 5.41) is 5.08. The number of hydrogen-bond donors (Lipinski definition) is 2. The predicted octanol–water partition coefficient (Wildman–Crippen LogP) is 4.23. The number of thiophene rings is 1. The van der Waals surface area contributed by atoms with Crippen LogP contribution in [0.25, 0.3) is 0 Å². The molecule has 0 atom stereocenters. The van der Waals surface area contributed by atoms with Gasteiger partial charge in [0, 0.05) is 30.9 Å². The number of benzene rings is 2. The minimum absolute atomic E-state index is 0.0330. The van der Waals surface area contributed by atoms with Crippen molar-refractivity contribution in [3.8, 4) is 0 Å². The molecule has 0 radical (unpaired) electrons. The number of hydrogen-bond acceptors (Lipinski definition) is 5. The average Bonchev–Trinajstić information content (AvgIpc) is 3.23. The van der Waals surface area contributed by atoms with Crippen LogP contribution in [0.4, 0.5) is 11.4 Å². The lowest BCUT2D eigenvalue weighted by atomic mass is 10.1. The van der Waals surface area contributed by atoms with Crippen LogP contribution in [0.5, 0.6) is 0 Å². The Hall–Kier alpha value is -2.68. The summed E-state index contributed by atoms with van der Waals surface area (Å²) in [5.74, 6) is -0.228. The molecule has 1 aliphatic heterocycles. The van der Waals surface area contributed by atoms with Gasteiger partial charge in [0.15, 0.2) is 0 Å². The Morgan fingerprint density at radius 1 is 1.09 bits per heavy atom. The van der Waals surface area contributed by atoms with Crippen molar-refractivity contribution in [2.24, 2.45) is 0 Å². The van der Waals surface area contributed by atoms with E-state index in [1.165, 1.54) is 10.4 Å². The Labute approximate surface area is 193 Å². The van der Waals surface area contributed by atoms with Crippen molar-refractivity contribution in [2.75, 3.05) is 23.3 Å². The fourth-order valence-corrected chi connectivity index (χ4v) is 5.79. The van der Waals surface area contributed by atoms with Gasteiger partial charge < -0.3 is 10.2 Å². The van der Waals surface area contributed by atoms with Crippen molar-refractivity contribution in [3.63, 3.8) is 0 Å². The molecular weight excluding hydrogens is 442 g/mol. The first-order valence-electron chi connectivity index (χ1n) is 10.6. The zero-order valence-corrected chi connectivity index (χ0v) is 19.9. The third kappa shape index (κ3) is 5.03. The summed E-state index contributed by atoms with van der Waals surface area (Å²) in [4.78, 5) is 16.5. The summed E-state index contributed by atoms with van der Waals surface area (Å²) in [7, 11) is -3.65. The maximum Gasteiger partial charge on any atom is 0.240 e. The fourth-order valence-electron chi connectivity index (χ4n) is 3.79. The molecule has 6 nitrogen and oxygen atoms in total. The number of aryl methyl sites for hydroxylation is 2. The minimum Gasteiger partial charge on any atom is -0.365 e. The standard InChI is InChI=1S/C24H27N3O3S2/c1-17-7-8-20(15-18(17)2)32(29,30)25-12-9-24(28)26-21-5-3-4-6-22(21)27-13-10-23-19(16-27)11-14-31-23/h3-8,11,14-15,25H,9-10,12-13,16H2,1-2H3,(H,26,28). The van der Waals surface area contributed by atoms with Crippen molar-refractivity contribution in [3.05, 3.63) is 75.5 Å². The molecule has 2 heterocycles. The number of amides is 1. The van der Waals surface area contributed by atoms with Crippen LogP contribution in [0.3, 0.4) is 0 Å². The molecule has 168 valence electrons. The van der Waals surface area contributed by atoms with E-state index in [9.17, 15) is 13.2 Å². The molecule has 0 saturated carbocycles. The Balaban J connectivity index is 1.36. The summed E-state index contributed by atoms with van der Waals surface area (Å²) in [5.41, 5.74) is 5.00. The number of fused-ring (bicyclic) bond motifs is 1. The molecule has 32 heavy (non-hydrogen) atoms. The van der Waals surface area contributed by atoms with E-state index in [0.29, 0.717) is 0 Å². The highest BCUT2D eigenvalue weighted by Gasteiger charge is 2.20. The number of para-hydroxylation sites is 2. The SMILES string of the molecule is Cc1ccc(S(=O)(=O)NCCC(=O)Nc2ccccc2N2CCc3sccc3C2)cc1C. The summed E-state index contributed by atoms with van der Waals surface area (Å²) in [6.07, 6.45) is 1.04. The quantitative estimate of drug-likeness (QED) is 0.543. The monoisotopic (exact) mass is 469 g/mol. The van der Waals surface area contributed by atoms with E-state index in [2.05, 4.69) is 26.4 Å².